The number of ether oxygens (including phenoxy) is 2. The van der Waals surface area contributed by atoms with E-state index in [2.05, 4.69) is 9.72 Å². The number of nitrogens with zero attached hydrogens (tertiary/aromatic N) is 5. The molecule has 0 unspecified atom stereocenters. The first-order valence-corrected chi connectivity index (χ1v) is 10.5. The normalized spacial score (nSPS) is 22.9. The molecule has 2 aromatic rings. The van der Waals surface area contributed by atoms with Gasteiger partial charge in [-0.1, -0.05) is 13.8 Å². The van der Waals surface area contributed by atoms with Crippen LogP contribution in [0.25, 0.3) is 5.65 Å². The molecule has 1 aliphatic heterocycles. The summed E-state index contributed by atoms with van der Waals surface area (Å²) >= 11 is 0. The number of carbonyl (C=O) groups is 2. The fourth-order valence-corrected chi connectivity index (χ4v) is 3.90. The quantitative estimate of drug-likeness (QED) is 0.656. The summed E-state index contributed by atoms with van der Waals surface area (Å²) in [6.45, 7) is 6.78. The van der Waals surface area contributed by atoms with Crippen molar-refractivity contribution in [1.82, 2.24) is 19.1 Å². The Labute approximate surface area is 196 Å². The van der Waals surface area contributed by atoms with Gasteiger partial charge in [-0.05, 0) is 33.6 Å². The summed E-state index contributed by atoms with van der Waals surface area (Å²) in [6, 6.07) is 0.533. The number of piperazine rings is 1. The second kappa shape index (κ2) is 8.84. The molecule has 3 rings (SSSR count). The van der Waals surface area contributed by atoms with Crippen molar-refractivity contribution in [2.24, 2.45) is 6.98 Å². The Morgan fingerprint density at radius 2 is 1.94 bits per heavy atom. The van der Waals surface area contributed by atoms with Gasteiger partial charge in [0.05, 0.1) is 29.1 Å². The van der Waals surface area contributed by atoms with Gasteiger partial charge in [0, 0.05) is 36.3 Å². The molecule has 2 atom stereocenters. The Kier molecular flexibility index (Phi) is 4.58. The largest absolute Gasteiger partial charge is 0.464 e. The van der Waals surface area contributed by atoms with Gasteiger partial charge in [0.2, 0.25) is 0 Å². The molecule has 176 valence electrons. The fraction of sp³-hybridized carbons (Fsp3) is 0.636. The number of amides is 1. The zero-order chi connectivity index (χ0) is 28.8. The average molecular weight is 454 g/mol. The molecular formula is C22H33N5O5. The number of methoxy groups -OCH3 is 1. The van der Waals surface area contributed by atoms with Crippen LogP contribution in [0.3, 0.4) is 0 Å². The van der Waals surface area contributed by atoms with Gasteiger partial charge in [0.15, 0.2) is 11.3 Å². The van der Waals surface area contributed by atoms with E-state index >= 15 is 0 Å². The van der Waals surface area contributed by atoms with Crippen molar-refractivity contribution in [3.63, 3.8) is 0 Å². The number of carbonyl (C=O) groups excluding carboxylic acids is 2. The van der Waals surface area contributed by atoms with Crippen molar-refractivity contribution >= 4 is 23.4 Å². The molecule has 0 saturated carbocycles. The van der Waals surface area contributed by atoms with E-state index < -0.39 is 42.9 Å². The van der Waals surface area contributed by atoms with Crippen LogP contribution in [-0.2, 0) is 16.4 Å². The lowest BCUT2D eigenvalue weighted by Crippen LogP contribution is -2.60. The molecule has 10 nitrogen and oxygen atoms in total. The average Bonchev–Trinajstić information content (AvgIpc) is 3.19. The first kappa shape index (κ1) is 16.6. The highest BCUT2D eigenvalue weighted by Gasteiger charge is 2.38. The lowest BCUT2D eigenvalue weighted by Gasteiger charge is -2.47. The second-order valence-corrected chi connectivity index (χ2v) is 8.77. The van der Waals surface area contributed by atoms with E-state index in [0.717, 1.165) is 16.8 Å². The van der Waals surface area contributed by atoms with Crippen LogP contribution < -0.4 is 10.5 Å². The summed E-state index contributed by atoms with van der Waals surface area (Å²) in [5.41, 5.74) is -1.83. The highest BCUT2D eigenvalue weighted by atomic mass is 16.6. The van der Waals surface area contributed by atoms with Gasteiger partial charge in [-0.3, -0.25) is 4.79 Å². The van der Waals surface area contributed by atoms with E-state index in [0.29, 0.717) is 17.5 Å². The van der Waals surface area contributed by atoms with Gasteiger partial charge in [0.1, 0.15) is 5.60 Å². The van der Waals surface area contributed by atoms with Crippen LogP contribution in [-0.4, -0.2) is 69.0 Å². The smallest absolute Gasteiger partial charge is 0.410 e. The molecule has 0 N–H and O–H groups in total. The molecule has 0 aromatic carbocycles. The first-order valence-electron chi connectivity index (χ1n) is 13.5. The van der Waals surface area contributed by atoms with E-state index in [4.69, 9.17) is 13.0 Å². The molecule has 2 aromatic heterocycles. The summed E-state index contributed by atoms with van der Waals surface area (Å²) in [6.07, 6.45) is 1.63. The highest BCUT2D eigenvalue weighted by molar-refractivity contribution is 5.88. The van der Waals surface area contributed by atoms with Crippen molar-refractivity contribution in [3.8, 4) is 0 Å². The Morgan fingerprint density at radius 3 is 2.53 bits per heavy atom. The third kappa shape index (κ3) is 4.44. The molecule has 0 aliphatic carbocycles. The van der Waals surface area contributed by atoms with Crippen molar-refractivity contribution in [1.29, 1.82) is 0 Å². The first-order chi connectivity index (χ1) is 17.4. The van der Waals surface area contributed by atoms with E-state index in [1.54, 1.807) is 25.7 Å². The van der Waals surface area contributed by atoms with Crippen LogP contribution in [0.1, 0.15) is 66.2 Å². The Balaban J connectivity index is 2.14. The molecular weight excluding hydrogens is 414 g/mol. The molecule has 0 radical (unpaired) electrons. The summed E-state index contributed by atoms with van der Waals surface area (Å²) in [4.78, 5) is 46.2. The SMILES string of the molecule is [2H]C([2H])([2H])OC(=O)c1cn2c(n1)c(N1C[C@@H](CC)N(C(=O)OC(C)(C)C)C[C@@H]1CC)cc(=O)n2C([2H])([2H])[2H]. The zero-order valence-electron chi connectivity index (χ0n) is 24.9. The zero-order valence-corrected chi connectivity index (χ0v) is 18.9. The molecule has 1 fully saturated rings. The van der Waals surface area contributed by atoms with Crippen molar-refractivity contribution in [2.45, 2.75) is 65.1 Å². The topological polar surface area (TPSA) is 98.4 Å². The minimum Gasteiger partial charge on any atom is -0.464 e. The number of fused-ring (bicyclic) bond motifs is 1. The molecule has 1 aliphatic rings. The maximum atomic E-state index is 13.1. The van der Waals surface area contributed by atoms with E-state index in [9.17, 15) is 14.4 Å². The summed E-state index contributed by atoms with van der Waals surface area (Å²) < 4.78 is 56.4. The van der Waals surface area contributed by atoms with Gasteiger partial charge in [-0.25, -0.2) is 23.8 Å². The minimum absolute atomic E-state index is 0.0442. The van der Waals surface area contributed by atoms with Gasteiger partial charge in [0.25, 0.3) is 5.56 Å². The Bertz CT molecular complexity index is 1260. The van der Waals surface area contributed by atoms with Crippen LogP contribution in [0.2, 0.25) is 0 Å². The Hall–Kier alpha value is -3.04. The molecule has 1 saturated heterocycles. The number of hydrogen-bond acceptors (Lipinski definition) is 7. The number of imidazole rings is 1. The van der Waals surface area contributed by atoms with Gasteiger partial charge >= 0.3 is 12.1 Å². The van der Waals surface area contributed by atoms with Crippen LogP contribution in [0.15, 0.2) is 17.1 Å². The van der Waals surface area contributed by atoms with Crippen LogP contribution in [0.5, 0.6) is 0 Å². The van der Waals surface area contributed by atoms with E-state index in [1.807, 2.05) is 18.7 Å². The maximum absolute atomic E-state index is 13.1. The molecule has 10 heteroatoms. The highest BCUT2D eigenvalue weighted by Crippen LogP contribution is 2.29. The van der Waals surface area contributed by atoms with E-state index in [1.165, 1.54) is 0 Å². The molecule has 1 amide bonds. The number of aromatic nitrogens is 3. The molecule has 32 heavy (non-hydrogen) atoms. The monoisotopic (exact) mass is 453 g/mol. The summed E-state index contributed by atoms with van der Waals surface area (Å²) in [7, 11) is -3.04. The summed E-state index contributed by atoms with van der Waals surface area (Å²) in [5.74, 6) is -1.29. The van der Waals surface area contributed by atoms with Crippen LogP contribution in [0, 0.1) is 0 Å². The second-order valence-electron chi connectivity index (χ2n) is 8.77. The van der Waals surface area contributed by atoms with Crippen LogP contribution >= 0.6 is 0 Å². The molecule has 0 spiro atoms. The number of hydrogen-bond donors (Lipinski definition) is 0. The van der Waals surface area contributed by atoms with Crippen molar-refractivity contribution in [3.05, 3.63) is 28.3 Å². The predicted octanol–water partition coefficient (Wildman–Crippen LogP) is 2.43. The Morgan fingerprint density at radius 1 is 1.22 bits per heavy atom. The standard InChI is InChI=1S/C22H33N5O5/c1-8-14-12-26(21(30)32-22(3,4)5)15(9-2)11-25(14)17-10-18(28)24(6)27-13-16(20(29)31-7)23-19(17)27/h10,13-15H,8-9,11-12H2,1-7H3/t14-,15+/m0/s1/i6D3,7D3. The lowest BCUT2D eigenvalue weighted by molar-refractivity contribution is 0.00987. The number of aryl methyl sites for hydroxylation is 1. The lowest BCUT2D eigenvalue weighted by atomic mass is 10.0. The predicted molar refractivity (Wildman–Crippen MR) is 120 cm³/mol. The molecule has 3 heterocycles. The van der Waals surface area contributed by atoms with Gasteiger partial charge in [-0.2, -0.15) is 0 Å². The van der Waals surface area contributed by atoms with Crippen molar-refractivity contribution in [2.75, 3.05) is 25.0 Å². The van der Waals surface area contributed by atoms with Gasteiger partial charge in [-0.15, -0.1) is 0 Å². The number of rotatable bonds is 4. The maximum Gasteiger partial charge on any atom is 0.410 e. The van der Waals surface area contributed by atoms with Crippen molar-refractivity contribution < 1.29 is 27.3 Å². The minimum atomic E-state index is -3.04. The summed E-state index contributed by atoms with van der Waals surface area (Å²) in [5, 5.41) is 0. The fourth-order valence-electron chi connectivity index (χ4n) is 3.90. The number of anilines is 1. The van der Waals surface area contributed by atoms with Crippen LogP contribution in [0.4, 0.5) is 10.5 Å². The number of esters is 1. The molecule has 0 bridgehead atoms. The third-order valence-corrected chi connectivity index (χ3v) is 5.48. The van der Waals surface area contributed by atoms with Gasteiger partial charge < -0.3 is 19.3 Å². The van der Waals surface area contributed by atoms with E-state index in [-0.39, 0.29) is 36.5 Å². The third-order valence-electron chi connectivity index (χ3n) is 5.48.